The molecule has 0 atom stereocenters. The van der Waals surface area contributed by atoms with Crippen molar-refractivity contribution in [2.45, 2.75) is 0 Å². The lowest BCUT2D eigenvalue weighted by molar-refractivity contribution is 0.403. The van der Waals surface area contributed by atoms with Gasteiger partial charge < -0.3 is 4.74 Å². The highest BCUT2D eigenvalue weighted by atomic mass is 32.1. The SMILES string of the molecule is [SH2+]COc1c2ccccc2cc2ccccc12. The second-order valence-electron chi connectivity index (χ2n) is 3.94. The summed E-state index contributed by atoms with van der Waals surface area (Å²) in [6.07, 6.45) is 0. The third kappa shape index (κ3) is 1.75. The van der Waals surface area contributed by atoms with E-state index in [1.165, 1.54) is 10.8 Å². The summed E-state index contributed by atoms with van der Waals surface area (Å²) < 4.78 is 5.75. The Balaban J connectivity index is 2.47. The molecule has 0 unspecified atom stereocenters. The Morgan fingerprint density at radius 2 is 1.35 bits per heavy atom. The Bertz CT molecular complexity index is 622. The minimum Gasteiger partial charge on any atom is -0.448 e. The summed E-state index contributed by atoms with van der Waals surface area (Å²) in [5, 5.41) is 4.73. The van der Waals surface area contributed by atoms with Crippen molar-refractivity contribution in [2.24, 2.45) is 0 Å². The molecule has 0 fully saturated rings. The van der Waals surface area contributed by atoms with Crippen molar-refractivity contribution in [3.63, 3.8) is 0 Å². The van der Waals surface area contributed by atoms with Crippen LogP contribution in [0.15, 0.2) is 54.6 Å². The zero-order chi connectivity index (χ0) is 11.7. The monoisotopic (exact) mass is 241 g/mol. The normalized spacial score (nSPS) is 10.9. The van der Waals surface area contributed by atoms with Crippen molar-refractivity contribution in [3.8, 4) is 5.75 Å². The fourth-order valence-electron chi connectivity index (χ4n) is 2.20. The largest absolute Gasteiger partial charge is 0.448 e. The number of rotatable bonds is 2. The first kappa shape index (κ1) is 10.5. The molecule has 2 heteroatoms. The molecule has 3 aromatic rings. The minimum absolute atomic E-state index is 0.498. The van der Waals surface area contributed by atoms with E-state index in [0.717, 1.165) is 16.5 Å². The smallest absolute Gasteiger partial charge is 0.242 e. The van der Waals surface area contributed by atoms with Gasteiger partial charge >= 0.3 is 0 Å². The first-order valence-corrected chi connectivity index (χ1v) is 6.29. The van der Waals surface area contributed by atoms with Gasteiger partial charge in [0.05, 0.1) is 0 Å². The molecule has 84 valence electrons. The molecule has 17 heavy (non-hydrogen) atoms. The quantitative estimate of drug-likeness (QED) is 0.494. The molecule has 0 aliphatic heterocycles. The summed E-state index contributed by atoms with van der Waals surface area (Å²) in [6, 6.07) is 18.8. The second kappa shape index (κ2) is 4.30. The van der Waals surface area contributed by atoms with Crippen LogP contribution >= 0.6 is 0 Å². The maximum absolute atomic E-state index is 5.75. The van der Waals surface area contributed by atoms with Crippen LogP contribution in [-0.2, 0) is 12.6 Å². The van der Waals surface area contributed by atoms with Crippen LogP contribution < -0.4 is 4.74 Å². The molecule has 0 aliphatic carbocycles. The minimum atomic E-state index is 0.498. The Morgan fingerprint density at radius 3 is 1.88 bits per heavy atom. The maximum Gasteiger partial charge on any atom is 0.242 e. The van der Waals surface area contributed by atoms with E-state index in [-0.39, 0.29) is 0 Å². The third-order valence-electron chi connectivity index (χ3n) is 2.94. The lowest BCUT2D eigenvalue weighted by Crippen LogP contribution is -1.94. The van der Waals surface area contributed by atoms with Gasteiger partial charge in [-0.05, 0) is 29.5 Å². The molecule has 0 bridgehead atoms. The van der Waals surface area contributed by atoms with Crippen molar-refractivity contribution >= 4 is 34.2 Å². The summed E-state index contributed by atoms with van der Waals surface area (Å²) in [4.78, 5) is 0. The molecule has 3 rings (SSSR count). The molecule has 0 saturated carbocycles. The van der Waals surface area contributed by atoms with Gasteiger partial charge in [-0.1, -0.05) is 48.5 Å². The summed E-state index contributed by atoms with van der Waals surface area (Å²) in [5.74, 6) is 1.45. The molecule has 0 aliphatic rings. The number of hydrogen-bond donors (Lipinski definition) is 0. The Morgan fingerprint density at radius 1 is 0.824 bits per heavy atom. The molecule has 0 N–H and O–H groups in total. The standard InChI is InChI=1S/C15H12OS/c17-10-16-15-13-7-3-1-5-11(13)9-12-6-2-4-8-14(12)15/h1-9,17H,10H2/p+1. The van der Waals surface area contributed by atoms with Gasteiger partial charge in [-0.25, -0.2) is 0 Å². The predicted molar refractivity (Wildman–Crippen MR) is 77.1 cm³/mol. The highest BCUT2D eigenvalue weighted by Crippen LogP contribution is 2.34. The van der Waals surface area contributed by atoms with Crippen LogP contribution in [0.1, 0.15) is 0 Å². The zero-order valence-corrected chi connectivity index (χ0v) is 10.3. The average Bonchev–Trinajstić information content (AvgIpc) is 2.39. The number of fused-ring (bicyclic) bond motifs is 2. The van der Waals surface area contributed by atoms with E-state index in [1.54, 1.807) is 0 Å². The Labute approximate surface area is 105 Å². The highest BCUT2D eigenvalue weighted by Gasteiger charge is 2.08. The van der Waals surface area contributed by atoms with E-state index in [2.05, 4.69) is 55.1 Å². The van der Waals surface area contributed by atoms with Crippen molar-refractivity contribution in [2.75, 3.05) is 5.94 Å². The molecular weight excluding hydrogens is 228 g/mol. The van der Waals surface area contributed by atoms with Crippen LogP contribution in [0.2, 0.25) is 0 Å². The van der Waals surface area contributed by atoms with Crippen LogP contribution in [0, 0.1) is 0 Å². The van der Waals surface area contributed by atoms with Crippen LogP contribution in [0.5, 0.6) is 5.75 Å². The summed E-state index contributed by atoms with van der Waals surface area (Å²) in [7, 11) is 0. The van der Waals surface area contributed by atoms with E-state index < -0.39 is 0 Å². The highest BCUT2D eigenvalue weighted by molar-refractivity contribution is 7.58. The first-order chi connectivity index (χ1) is 8.40. The molecule has 0 amide bonds. The molecule has 0 spiro atoms. The van der Waals surface area contributed by atoms with E-state index in [9.17, 15) is 0 Å². The van der Waals surface area contributed by atoms with Gasteiger partial charge in [0.15, 0.2) is 0 Å². The van der Waals surface area contributed by atoms with Crippen molar-refractivity contribution in [3.05, 3.63) is 54.6 Å². The Kier molecular flexibility index (Phi) is 2.65. The van der Waals surface area contributed by atoms with Crippen LogP contribution in [0.3, 0.4) is 0 Å². The van der Waals surface area contributed by atoms with Gasteiger partial charge in [0.1, 0.15) is 5.75 Å². The maximum atomic E-state index is 5.75. The molecule has 1 nitrogen and oxygen atoms in total. The van der Waals surface area contributed by atoms with Crippen LogP contribution in [0.25, 0.3) is 21.5 Å². The van der Waals surface area contributed by atoms with E-state index >= 15 is 0 Å². The summed E-state index contributed by atoms with van der Waals surface area (Å²) in [5.41, 5.74) is 0. The third-order valence-corrected chi connectivity index (χ3v) is 3.08. The van der Waals surface area contributed by atoms with Crippen LogP contribution in [0.4, 0.5) is 0 Å². The van der Waals surface area contributed by atoms with Crippen molar-refractivity contribution in [1.82, 2.24) is 0 Å². The average molecular weight is 241 g/mol. The summed E-state index contributed by atoms with van der Waals surface area (Å²) in [6.45, 7) is 0. The fourth-order valence-corrected chi connectivity index (χ4v) is 2.34. The lowest BCUT2D eigenvalue weighted by Gasteiger charge is -2.09. The number of hydrogen-bond acceptors (Lipinski definition) is 1. The molecule has 0 saturated heterocycles. The Hall–Kier alpha value is -1.67. The molecule has 3 aromatic carbocycles. The second-order valence-corrected chi connectivity index (χ2v) is 4.23. The van der Waals surface area contributed by atoms with E-state index in [0.29, 0.717) is 5.94 Å². The predicted octanol–water partition coefficient (Wildman–Crippen LogP) is 3.34. The van der Waals surface area contributed by atoms with E-state index in [4.69, 9.17) is 4.74 Å². The van der Waals surface area contributed by atoms with Gasteiger partial charge in [-0.3, -0.25) is 0 Å². The summed E-state index contributed by atoms with van der Waals surface area (Å²) >= 11 is 3.38. The van der Waals surface area contributed by atoms with Gasteiger partial charge in [-0.15, -0.1) is 0 Å². The zero-order valence-electron chi connectivity index (χ0n) is 9.31. The van der Waals surface area contributed by atoms with Gasteiger partial charge in [-0.2, -0.15) is 0 Å². The van der Waals surface area contributed by atoms with Crippen LogP contribution in [-0.4, -0.2) is 5.94 Å². The number of benzene rings is 3. The molecule has 0 aromatic heterocycles. The molecule has 0 heterocycles. The fraction of sp³-hybridized carbons (Fsp3) is 0.0667. The topological polar surface area (TPSA) is 9.23 Å². The van der Waals surface area contributed by atoms with Crippen molar-refractivity contribution in [1.29, 1.82) is 0 Å². The molecular formula is C15H13OS+. The van der Waals surface area contributed by atoms with Gasteiger partial charge in [0.2, 0.25) is 5.94 Å². The van der Waals surface area contributed by atoms with E-state index in [1.807, 2.05) is 12.1 Å². The van der Waals surface area contributed by atoms with Gasteiger partial charge in [0, 0.05) is 10.8 Å². The number of ether oxygens (including phenoxy) is 1. The van der Waals surface area contributed by atoms with Crippen molar-refractivity contribution < 1.29 is 4.74 Å². The lowest BCUT2D eigenvalue weighted by atomic mass is 10.0. The van der Waals surface area contributed by atoms with Gasteiger partial charge in [0.25, 0.3) is 0 Å². The molecule has 0 radical (unpaired) electrons. The first-order valence-electron chi connectivity index (χ1n) is 5.58.